The van der Waals surface area contributed by atoms with Gasteiger partial charge >= 0.3 is 0 Å². The second kappa shape index (κ2) is 7.98. The van der Waals surface area contributed by atoms with Gasteiger partial charge in [-0.3, -0.25) is 4.90 Å². The molecule has 0 bridgehead atoms. The topological polar surface area (TPSA) is 54.7 Å². The van der Waals surface area contributed by atoms with Gasteiger partial charge in [0.05, 0.1) is 19.3 Å². The summed E-state index contributed by atoms with van der Waals surface area (Å²) in [6.45, 7) is 3.09. The van der Waals surface area contributed by atoms with Crippen LogP contribution in [-0.2, 0) is 16.0 Å². The zero-order chi connectivity index (χ0) is 16.1. The van der Waals surface area contributed by atoms with Crippen molar-refractivity contribution in [3.05, 3.63) is 28.8 Å². The van der Waals surface area contributed by atoms with Crippen LogP contribution in [0.3, 0.4) is 0 Å². The molecule has 0 amide bonds. The van der Waals surface area contributed by atoms with Gasteiger partial charge in [0.1, 0.15) is 11.8 Å². The molecule has 0 aromatic heterocycles. The minimum Gasteiger partial charge on any atom is -0.478 e. The van der Waals surface area contributed by atoms with Crippen molar-refractivity contribution in [2.45, 2.75) is 38.1 Å². The van der Waals surface area contributed by atoms with E-state index in [4.69, 9.17) is 31.1 Å². The van der Waals surface area contributed by atoms with Crippen LogP contribution >= 0.6 is 11.6 Å². The van der Waals surface area contributed by atoms with Crippen molar-refractivity contribution in [1.82, 2.24) is 4.90 Å². The summed E-state index contributed by atoms with van der Waals surface area (Å²) in [5, 5.41) is 9.41. The van der Waals surface area contributed by atoms with Crippen molar-refractivity contribution in [2.75, 3.05) is 26.4 Å². The molecule has 1 atom stereocenters. The molecule has 0 unspecified atom stereocenters. The zero-order valence-electron chi connectivity index (χ0n) is 13.0. The van der Waals surface area contributed by atoms with Crippen molar-refractivity contribution in [1.29, 1.82) is 5.26 Å². The Morgan fingerprint density at radius 1 is 1.30 bits per heavy atom. The molecule has 3 rings (SSSR count). The number of nitriles is 1. The molecule has 2 aliphatic heterocycles. The SMILES string of the molecule is N#CCOc1ccc(Cl)cc1CN1CCCC[C@H]1C1OCCO1. The van der Waals surface area contributed by atoms with Crippen LogP contribution in [0.5, 0.6) is 5.75 Å². The summed E-state index contributed by atoms with van der Waals surface area (Å²) in [6, 6.07) is 7.79. The summed E-state index contributed by atoms with van der Waals surface area (Å²) in [5.41, 5.74) is 0.998. The predicted octanol–water partition coefficient (Wildman–Crippen LogP) is 2.97. The molecule has 0 radical (unpaired) electrons. The Bertz CT molecular complexity index is 569. The lowest BCUT2D eigenvalue weighted by Gasteiger charge is -2.38. The molecule has 6 heteroatoms. The zero-order valence-corrected chi connectivity index (χ0v) is 13.8. The van der Waals surface area contributed by atoms with Gasteiger partial charge in [-0.05, 0) is 37.6 Å². The molecule has 0 N–H and O–H groups in total. The van der Waals surface area contributed by atoms with Gasteiger partial charge in [0.15, 0.2) is 12.9 Å². The number of hydrogen-bond donors (Lipinski definition) is 0. The van der Waals surface area contributed by atoms with Crippen molar-refractivity contribution in [2.24, 2.45) is 0 Å². The van der Waals surface area contributed by atoms with E-state index in [0.29, 0.717) is 24.0 Å². The smallest absolute Gasteiger partial charge is 0.174 e. The second-order valence-electron chi connectivity index (χ2n) is 5.84. The fraction of sp³-hybridized carbons (Fsp3) is 0.588. The van der Waals surface area contributed by atoms with Crippen LogP contribution in [0.1, 0.15) is 24.8 Å². The molecular weight excluding hydrogens is 316 g/mol. The fourth-order valence-corrected chi connectivity index (χ4v) is 3.46. The number of piperidine rings is 1. The van der Waals surface area contributed by atoms with Gasteiger partial charge in [-0.1, -0.05) is 18.0 Å². The van der Waals surface area contributed by atoms with Crippen LogP contribution in [0.4, 0.5) is 0 Å². The van der Waals surface area contributed by atoms with Gasteiger partial charge in [0.25, 0.3) is 0 Å². The average Bonchev–Trinajstić information content (AvgIpc) is 3.09. The van der Waals surface area contributed by atoms with Crippen LogP contribution in [-0.4, -0.2) is 43.6 Å². The Balaban J connectivity index is 1.75. The molecule has 0 spiro atoms. The van der Waals surface area contributed by atoms with Gasteiger partial charge in [-0.2, -0.15) is 5.26 Å². The van der Waals surface area contributed by atoms with Crippen LogP contribution in [0.15, 0.2) is 18.2 Å². The Morgan fingerprint density at radius 2 is 2.13 bits per heavy atom. The molecular formula is C17H21ClN2O3. The number of nitrogens with zero attached hydrogens (tertiary/aromatic N) is 2. The van der Waals surface area contributed by atoms with Crippen LogP contribution in [0, 0.1) is 11.3 Å². The number of benzene rings is 1. The maximum absolute atomic E-state index is 8.74. The van der Waals surface area contributed by atoms with Crippen LogP contribution in [0.2, 0.25) is 5.02 Å². The van der Waals surface area contributed by atoms with E-state index in [1.807, 2.05) is 18.2 Å². The first-order valence-corrected chi connectivity index (χ1v) is 8.41. The molecule has 5 nitrogen and oxygen atoms in total. The molecule has 1 aromatic carbocycles. The lowest BCUT2D eigenvalue weighted by atomic mass is 10.0. The summed E-state index contributed by atoms with van der Waals surface area (Å²) in [7, 11) is 0. The molecule has 23 heavy (non-hydrogen) atoms. The predicted molar refractivity (Wildman–Crippen MR) is 86.3 cm³/mol. The second-order valence-corrected chi connectivity index (χ2v) is 6.28. The van der Waals surface area contributed by atoms with E-state index in [9.17, 15) is 0 Å². The molecule has 2 saturated heterocycles. The molecule has 2 heterocycles. The molecule has 0 saturated carbocycles. The normalized spacial score (nSPS) is 22.9. The highest BCUT2D eigenvalue weighted by Crippen LogP contribution is 2.30. The Labute approximate surface area is 141 Å². The van der Waals surface area contributed by atoms with Crippen molar-refractivity contribution >= 4 is 11.6 Å². The number of halogens is 1. The molecule has 0 aliphatic carbocycles. The van der Waals surface area contributed by atoms with Gasteiger partial charge in [-0.15, -0.1) is 0 Å². The average molecular weight is 337 g/mol. The summed E-state index contributed by atoms with van der Waals surface area (Å²) in [6.07, 6.45) is 3.29. The van der Waals surface area contributed by atoms with E-state index in [-0.39, 0.29) is 18.9 Å². The summed E-state index contributed by atoms with van der Waals surface area (Å²) in [5.74, 6) is 0.716. The van der Waals surface area contributed by atoms with Crippen LogP contribution in [0.25, 0.3) is 0 Å². The first kappa shape index (κ1) is 16.5. The third-order valence-corrected chi connectivity index (χ3v) is 4.55. The van der Waals surface area contributed by atoms with Crippen LogP contribution < -0.4 is 4.74 Å². The minimum absolute atomic E-state index is 0.0346. The van der Waals surface area contributed by atoms with Gasteiger partial charge in [0, 0.05) is 17.1 Å². The maximum atomic E-state index is 8.74. The van der Waals surface area contributed by atoms with E-state index in [0.717, 1.165) is 31.5 Å². The van der Waals surface area contributed by atoms with Gasteiger partial charge in [-0.25, -0.2) is 0 Å². The fourth-order valence-electron chi connectivity index (χ4n) is 3.26. The van der Waals surface area contributed by atoms with Crippen molar-refractivity contribution in [3.63, 3.8) is 0 Å². The molecule has 1 aromatic rings. The minimum atomic E-state index is -0.141. The monoisotopic (exact) mass is 336 g/mol. The maximum Gasteiger partial charge on any atom is 0.174 e. The highest BCUT2D eigenvalue weighted by molar-refractivity contribution is 6.30. The number of rotatable bonds is 5. The number of hydrogen-bond acceptors (Lipinski definition) is 5. The van der Waals surface area contributed by atoms with E-state index in [2.05, 4.69) is 4.90 Å². The van der Waals surface area contributed by atoms with E-state index < -0.39 is 0 Å². The highest BCUT2D eigenvalue weighted by atomic mass is 35.5. The van der Waals surface area contributed by atoms with Gasteiger partial charge < -0.3 is 14.2 Å². The highest BCUT2D eigenvalue weighted by Gasteiger charge is 2.33. The van der Waals surface area contributed by atoms with Gasteiger partial charge in [0.2, 0.25) is 0 Å². The Morgan fingerprint density at radius 3 is 2.91 bits per heavy atom. The summed E-state index contributed by atoms with van der Waals surface area (Å²) >= 11 is 6.14. The quantitative estimate of drug-likeness (QED) is 0.827. The van der Waals surface area contributed by atoms with E-state index >= 15 is 0 Å². The van der Waals surface area contributed by atoms with E-state index in [1.54, 1.807) is 6.07 Å². The first-order valence-electron chi connectivity index (χ1n) is 8.03. The molecule has 124 valence electrons. The number of ether oxygens (including phenoxy) is 3. The standard InChI is InChI=1S/C17H21ClN2O3/c18-14-4-5-16(21-8-6-19)13(11-14)12-20-7-2-1-3-15(20)17-22-9-10-23-17/h4-5,11,15,17H,1-3,7-10,12H2/t15-/m0/s1. The van der Waals surface area contributed by atoms with Crippen molar-refractivity contribution < 1.29 is 14.2 Å². The third-order valence-electron chi connectivity index (χ3n) is 4.31. The largest absolute Gasteiger partial charge is 0.478 e. The molecule has 2 fully saturated rings. The van der Waals surface area contributed by atoms with E-state index in [1.165, 1.54) is 6.42 Å². The van der Waals surface area contributed by atoms with Crippen molar-refractivity contribution in [3.8, 4) is 11.8 Å². The summed E-state index contributed by atoms with van der Waals surface area (Å²) in [4.78, 5) is 2.38. The molecule has 2 aliphatic rings. The lowest BCUT2D eigenvalue weighted by molar-refractivity contribution is -0.111. The Kier molecular flexibility index (Phi) is 5.74. The first-order chi connectivity index (χ1) is 11.3. The third kappa shape index (κ3) is 4.15. The lowest BCUT2D eigenvalue weighted by Crippen LogP contribution is -2.46. The summed E-state index contributed by atoms with van der Waals surface area (Å²) < 4.78 is 17.0. The number of likely N-dealkylation sites (tertiary alicyclic amines) is 1. The Hall–Kier alpha value is -1.32.